The summed E-state index contributed by atoms with van der Waals surface area (Å²) in [7, 11) is 1.68. The first-order valence-electron chi connectivity index (χ1n) is 11.3. The third-order valence-electron chi connectivity index (χ3n) is 7.68. The Morgan fingerprint density at radius 3 is 2.84 bits per heavy atom. The highest BCUT2D eigenvalue weighted by Crippen LogP contribution is 2.48. The Morgan fingerprint density at radius 1 is 1.23 bits per heavy atom. The van der Waals surface area contributed by atoms with Crippen molar-refractivity contribution in [1.82, 2.24) is 4.98 Å². The highest BCUT2D eigenvalue weighted by molar-refractivity contribution is 5.83. The Hall–Kier alpha value is -2.69. The van der Waals surface area contributed by atoms with Crippen LogP contribution in [-0.2, 0) is 6.54 Å². The summed E-state index contributed by atoms with van der Waals surface area (Å²) in [6.45, 7) is 7.25. The molecule has 3 aromatic rings. The molecule has 160 valence electrons. The third-order valence-corrected chi connectivity index (χ3v) is 7.68. The van der Waals surface area contributed by atoms with E-state index in [4.69, 9.17) is 4.74 Å². The van der Waals surface area contributed by atoms with Gasteiger partial charge in [-0.1, -0.05) is 36.4 Å². The number of benzene rings is 2. The number of hydrogen-bond acceptors (Lipinski definition) is 3. The van der Waals surface area contributed by atoms with Gasteiger partial charge in [0.15, 0.2) is 0 Å². The summed E-state index contributed by atoms with van der Waals surface area (Å²) in [6.07, 6.45) is 5.65. The molecule has 31 heavy (non-hydrogen) atoms. The van der Waals surface area contributed by atoms with Crippen LogP contribution < -0.4 is 4.74 Å². The molecule has 3 aliphatic rings. The van der Waals surface area contributed by atoms with Crippen molar-refractivity contribution < 1.29 is 14.3 Å². The van der Waals surface area contributed by atoms with E-state index in [2.05, 4.69) is 48.0 Å². The van der Waals surface area contributed by atoms with Crippen molar-refractivity contribution in [2.24, 2.45) is 11.8 Å². The topological polar surface area (TPSA) is 42.4 Å². The van der Waals surface area contributed by atoms with E-state index in [-0.39, 0.29) is 6.04 Å². The van der Waals surface area contributed by atoms with Crippen LogP contribution in [0.25, 0.3) is 10.9 Å². The van der Waals surface area contributed by atoms with Gasteiger partial charge in [0.25, 0.3) is 0 Å². The second-order valence-corrected chi connectivity index (χ2v) is 9.25. The lowest BCUT2D eigenvalue weighted by molar-refractivity contribution is -0.984. The molecule has 2 aromatic carbocycles. The van der Waals surface area contributed by atoms with Crippen molar-refractivity contribution in [3.8, 4) is 5.75 Å². The standard InChI is InChI=1S/C27H31N2O2/c1-3-20-18-29(17-19-7-5-4-6-8-19)14-12-21(20)15-26(29)27(30)23-11-13-28-25-10-9-22(31-2)16-24(23)25/h3-11,13,16,20-21,26-27,30H,1,12,14-15,17-18H2,2H3/q+1/t20?,21?,26?,27?,29-/m1/s1. The zero-order valence-electron chi connectivity index (χ0n) is 18.2. The SMILES string of the molecule is C=CC1C[N@+]2(Cc3ccccc3)CCC1CC2C(O)c1ccnc2ccc(OC)cc12. The summed E-state index contributed by atoms with van der Waals surface area (Å²) in [5, 5.41) is 12.8. The summed E-state index contributed by atoms with van der Waals surface area (Å²) >= 11 is 0. The van der Waals surface area contributed by atoms with Crippen LogP contribution in [0.15, 0.2) is 73.4 Å². The second-order valence-electron chi connectivity index (χ2n) is 9.25. The van der Waals surface area contributed by atoms with Gasteiger partial charge in [0.05, 0.1) is 25.7 Å². The van der Waals surface area contributed by atoms with Crippen LogP contribution in [0.3, 0.4) is 0 Å². The minimum atomic E-state index is -0.546. The van der Waals surface area contributed by atoms with Gasteiger partial charge in [-0.3, -0.25) is 4.98 Å². The number of aliphatic hydroxyl groups is 1. The molecular formula is C27H31N2O2+. The van der Waals surface area contributed by atoms with Crippen molar-refractivity contribution in [3.63, 3.8) is 0 Å². The highest BCUT2D eigenvalue weighted by atomic mass is 16.5. The Balaban J connectivity index is 1.56. The highest BCUT2D eigenvalue weighted by Gasteiger charge is 2.53. The molecule has 4 nitrogen and oxygen atoms in total. The summed E-state index contributed by atoms with van der Waals surface area (Å²) in [4.78, 5) is 4.52. The van der Waals surface area contributed by atoms with E-state index in [1.165, 1.54) is 12.0 Å². The number of hydrogen-bond donors (Lipinski definition) is 1. The minimum absolute atomic E-state index is 0.159. The van der Waals surface area contributed by atoms with E-state index in [1.807, 2.05) is 30.5 Å². The molecule has 3 fully saturated rings. The van der Waals surface area contributed by atoms with E-state index < -0.39 is 6.10 Å². The van der Waals surface area contributed by atoms with E-state index in [0.717, 1.165) is 52.8 Å². The number of aliphatic hydroxyl groups excluding tert-OH is 1. The molecule has 4 heterocycles. The molecule has 1 N–H and O–H groups in total. The Kier molecular flexibility index (Phi) is 5.28. The lowest BCUT2D eigenvalue weighted by atomic mass is 9.71. The van der Waals surface area contributed by atoms with Crippen LogP contribution in [0.2, 0.25) is 0 Å². The van der Waals surface area contributed by atoms with Crippen LogP contribution in [0.5, 0.6) is 5.75 Å². The number of ether oxygens (including phenoxy) is 1. The largest absolute Gasteiger partial charge is 0.497 e. The monoisotopic (exact) mass is 415 g/mol. The van der Waals surface area contributed by atoms with Gasteiger partial charge in [0.1, 0.15) is 24.4 Å². The van der Waals surface area contributed by atoms with Crippen molar-refractivity contribution in [2.45, 2.75) is 31.5 Å². The number of pyridine rings is 1. The molecule has 0 spiro atoms. The third kappa shape index (κ3) is 3.54. The molecule has 4 unspecified atom stereocenters. The van der Waals surface area contributed by atoms with Crippen LogP contribution in [0.1, 0.15) is 30.1 Å². The molecule has 3 saturated heterocycles. The van der Waals surface area contributed by atoms with E-state index >= 15 is 0 Å². The van der Waals surface area contributed by atoms with E-state index in [9.17, 15) is 5.11 Å². The van der Waals surface area contributed by atoms with Crippen molar-refractivity contribution in [1.29, 1.82) is 0 Å². The summed E-state index contributed by atoms with van der Waals surface area (Å²) in [5.74, 6) is 1.92. The predicted octanol–water partition coefficient (Wildman–Crippen LogP) is 4.89. The molecule has 5 atom stereocenters. The molecule has 6 rings (SSSR count). The molecule has 0 saturated carbocycles. The fraction of sp³-hybridized carbons (Fsp3) is 0.370. The van der Waals surface area contributed by atoms with Gasteiger partial charge in [0, 0.05) is 35.9 Å². The first-order valence-corrected chi connectivity index (χ1v) is 11.3. The lowest BCUT2D eigenvalue weighted by Crippen LogP contribution is -2.67. The van der Waals surface area contributed by atoms with Gasteiger partial charge in [0.2, 0.25) is 0 Å². The molecular weight excluding hydrogens is 384 g/mol. The van der Waals surface area contributed by atoms with E-state index in [1.54, 1.807) is 7.11 Å². The average Bonchev–Trinajstić information content (AvgIpc) is 2.83. The zero-order chi connectivity index (χ0) is 21.4. The number of rotatable bonds is 6. The number of nitrogens with zero attached hydrogens (tertiary/aromatic N) is 2. The van der Waals surface area contributed by atoms with Gasteiger partial charge in [-0.15, -0.1) is 6.58 Å². The second kappa shape index (κ2) is 8.10. The van der Waals surface area contributed by atoms with Crippen LogP contribution in [0.4, 0.5) is 0 Å². The molecule has 0 amide bonds. The summed E-state index contributed by atoms with van der Waals surface area (Å²) < 4.78 is 6.38. The number of fused-ring (bicyclic) bond motifs is 4. The smallest absolute Gasteiger partial charge is 0.131 e. The minimum Gasteiger partial charge on any atom is -0.497 e. The maximum absolute atomic E-state index is 11.8. The van der Waals surface area contributed by atoms with Gasteiger partial charge in [-0.25, -0.2) is 0 Å². The zero-order valence-corrected chi connectivity index (χ0v) is 18.2. The molecule has 0 radical (unpaired) electrons. The first-order chi connectivity index (χ1) is 15.1. The van der Waals surface area contributed by atoms with Gasteiger partial charge in [-0.2, -0.15) is 0 Å². The van der Waals surface area contributed by atoms with Crippen LogP contribution in [-0.4, -0.2) is 40.8 Å². The molecule has 3 aliphatic heterocycles. The summed E-state index contributed by atoms with van der Waals surface area (Å²) in [6, 6.07) is 18.8. The number of aromatic nitrogens is 1. The molecule has 0 aliphatic carbocycles. The average molecular weight is 416 g/mol. The fourth-order valence-corrected chi connectivity index (χ4v) is 6.07. The summed E-state index contributed by atoms with van der Waals surface area (Å²) in [5.41, 5.74) is 3.19. The Bertz CT molecular complexity index is 1080. The lowest BCUT2D eigenvalue weighted by Gasteiger charge is -2.58. The van der Waals surface area contributed by atoms with Crippen LogP contribution >= 0.6 is 0 Å². The van der Waals surface area contributed by atoms with Gasteiger partial charge in [-0.05, 0) is 35.7 Å². The number of quaternary nitrogens is 1. The maximum atomic E-state index is 11.8. The number of methoxy groups -OCH3 is 1. The molecule has 1 aromatic heterocycles. The van der Waals surface area contributed by atoms with Crippen molar-refractivity contribution in [2.75, 3.05) is 20.2 Å². The molecule has 4 heteroatoms. The van der Waals surface area contributed by atoms with Crippen molar-refractivity contribution in [3.05, 3.63) is 84.6 Å². The predicted molar refractivity (Wildman–Crippen MR) is 124 cm³/mol. The first kappa shape index (κ1) is 20.2. The quantitative estimate of drug-likeness (QED) is 0.460. The van der Waals surface area contributed by atoms with Crippen molar-refractivity contribution >= 4 is 10.9 Å². The van der Waals surface area contributed by atoms with Gasteiger partial charge >= 0.3 is 0 Å². The van der Waals surface area contributed by atoms with Gasteiger partial charge < -0.3 is 14.3 Å². The van der Waals surface area contributed by atoms with Crippen LogP contribution in [0, 0.1) is 11.8 Å². The maximum Gasteiger partial charge on any atom is 0.131 e. The molecule has 2 bridgehead atoms. The number of piperidine rings is 3. The Labute approximate surface area is 184 Å². The fourth-order valence-electron chi connectivity index (χ4n) is 6.07. The van der Waals surface area contributed by atoms with E-state index in [0.29, 0.717) is 11.8 Å². The Morgan fingerprint density at radius 2 is 2.06 bits per heavy atom. The normalized spacial score (nSPS) is 28.4.